The molecule has 0 fully saturated rings. The monoisotopic (exact) mass is 857 g/mol. The molecule has 1 atom stereocenters. The van der Waals surface area contributed by atoms with Gasteiger partial charge in [0.05, 0.1) is 0 Å². The highest BCUT2D eigenvalue weighted by molar-refractivity contribution is 5.71. The summed E-state index contributed by atoms with van der Waals surface area (Å²) in [5.41, 5.74) is 0. The molecule has 0 aliphatic heterocycles. The van der Waals surface area contributed by atoms with Gasteiger partial charge in [0.1, 0.15) is 13.2 Å². The van der Waals surface area contributed by atoms with Crippen LogP contribution < -0.4 is 0 Å². The van der Waals surface area contributed by atoms with Crippen LogP contribution in [0.15, 0.2) is 36.5 Å². The Morgan fingerprint density at radius 1 is 0.328 bits per heavy atom. The Bertz CT molecular complexity index is 1030. The van der Waals surface area contributed by atoms with E-state index in [2.05, 4.69) is 57.2 Å². The fourth-order valence-corrected chi connectivity index (χ4v) is 7.59. The molecule has 0 saturated heterocycles. The average Bonchev–Trinajstić information content (AvgIpc) is 3.26. The van der Waals surface area contributed by atoms with E-state index in [4.69, 9.17) is 14.2 Å². The first-order valence-corrected chi connectivity index (χ1v) is 26.5. The van der Waals surface area contributed by atoms with Gasteiger partial charge in [-0.05, 0) is 77.0 Å². The van der Waals surface area contributed by atoms with Crippen molar-refractivity contribution in [2.45, 2.75) is 284 Å². The van der Waals surface area contributed by atoms with Gasteiger partial charge in [0.25, 0.3) is 0 Å². The van der Waals surface area contributed by atoms with Crippen molar-refractivity contribution in [3.63, 3.8) is 0 Å². The van der Waals surface area contributed by atoms with E-state index in [9.17, 15) is 14.4 Å². The Morgan fingerprint density at radius 2 is 0.590 bits per heavy atom. The minimum absolute atomic E-state index is 0.0741. The average molecular weight is 857 g/mol. The van der Waals surface area contributed by atoms with E-state index in [1.807, 2.05) is 0 Å². The van der Waals surface area contributed by atoms with Crippen LogP contribution in [-0.4, -0.2) is 37.2 Å². The fourth-order valence-electron chi connectivity index (χ4n) is 7.59. The molecule has 6 nitrogen and oxygen atoms in total. The Labute approximate surface area is 378 Å². The molecule has 0 N–H and O–H groups in total. The van der Waals surface area contributed by atoms with E-state index in [1.54, 1.807) is 0 Å². The maximum atomic E-state index is 12.7. The van der Waals surface area contributed by atoms with Crippen molar-refractivity contribution in [2.75, 3.05) is 13.2 Å². The van der Waals surface area contributed by atoms with Crippen molar-refractivity contribution in [3.8, 4) is 0 Å². The third-order valence-corrected chi connectivity index (χ3v) is 11.6. The summed E-state index contributed by atoms with van der Waals surface area (Å²) in [5, 5.41) is 0. The molecule has 0 rings (SSSR count). The van der Waals surface area contributed by atoms with Crippen molar-refractivity contribution in [1.82, 2.24) is 0 Å². The Kier molecular flexibility index (Phi) is 48.3. The minimum atomic E-state index is -0.770. The van der Waals surface area contributed by atoms with Crippen molar-refractivity contribution in [1.29, 1.82) is 0 Å². The van der Waals surface area contributed by atoms with Gasteiger partial charge >= 0.3 is 17.9 Å². The van der Waals surface area contributed by atoms with E-state index >= 15 is 0 Å². The first-order chi connectivity index (χ1) is 30.0. The first kappa shape index (κ1) is 58.6. The van der Waals surface area contributed by atoms with Crippen LogP contribution in [0.2, 0.25) is 0 Å². The number of carbonyl (C=O) groups excluding carboxylic acids is 3. The molecule has 61 heavy (non-hydrogen) atoms. The van der Waals surface area contributed by atoms with E-state index in [0.29, 0.717) is 19.3 Å². The molecular formula is C55H100O6. The standard InChI is InChI=1S/C55H100O6/c1-4-7-10-13-15-17-19-21-22-23-24-25-26-27-28-29-30-31-32-34-35-37-39-42-45-48-54(57)60-51-52(50-59-53(56)47-44-41-12-9-6-3)61-55(58)49-46-43-40-38-36-33-20-18-16-14-11-8-5-2/h18-21,23-24,52H,4-17,22,25-51H2,1-3H3/b20-18-,21-19-,24-23-. The summed E-state index contributed by atoms with van der Waals surface area (Å²) in [6.07, 6.45) is 58.9. The largest absolute Gasteiger partial charge is 0.462 e. The molecule has 0 aliphatic rings. The van der Waals surface area contributed by atoms with Crippen LogP contribution in [0.3, 0.4) is 0 Å². The third-order valence-electron chi connectivity index (χ3n) is 11.6. The maximum absolute atomic E-state index is 12.7. The van der Waals surface area contributed by atoms with Crippen LogP contribution in [0.4, 0.5) is 0 Å². The molecule has 0 heterocycles. The zero-order valence-corrected chi connectivity index (χ0v) is 40.7. The van der Waals surface area contributed by atoms with E-state index in [1.165, 1.54) is 161 Å². The second-order valence-corrected chi connectivity index (χ2v) is 17.8. The van der Waals surface area contributed by atoms with Crippen LogP contribution in [0.25, 0.3) is 0 Å². The second kappa shape index (κ2) is 50.3. The van der Waals surface area contributed by atoms with Gasteiger partial charge < -0.3 is 14.2 Å². The lowest BCUT2D eigenvalue weighted by atomic mass is 10.0. The fraction of sp³-hybridized carbons (Fsp3) is 0.836. The van der Waals surface area contributed by atoms with Crippen LogP contribution in [-0.2, 0) is 28.6 Å². The third kappa shape index (κ3) is 48.5. The first-order valence-electron chi connectivity index (χ1n) is 26.5. The highest BCUT2D eigenvalue weighted by Crippen LogP contribution is 2.15. The summed E-state index contributed by atoms with van der Waals surface area (Å²) in [6, 6.07) is 0. The van der Waals surface area contributed by atoms with Crippen LogP contribution in [0.5, 0.6) is 0 Å². The van der Waals surface area contributed by atoms with Crippen molar-refractivity contribution >= 4 is 17.9 Å². The van der Waals surface area contributed by atoms with Crippen molar-refractivity contribution < 1.29 is 28.6 Å². The molecule has 0 bridgehead atoms. The van der Waals surface area contributed by atoms with Gasteiger partial charge in [-0.25, -0.2) is 0 Å². The summed E-state index contributed by atoms with van der Waals surface area (Å²) < 4.78 is 16.7. The van der Waals surface area contributed by atoms with Gasteiger partial charge in [-0.2, -0.15) is 0 Å². The van der Waals surface area contributed by atoms with Crippen molar-refractivity contribution in [2.24, 2.45) is 0 Å². The number of esters is 3. The predicted octanol–water partition coefficient (Wildman–Crippen LogP) is 17.3. The Morgan fingerprint density at radius 3 is 0.934 bits per heavy atom. The highest BCUT2D eigenvalue weighted by Gasteiger charge is 2.19. The van der Waals surface area contributed by atoms with Crippen molar-refractivity contribution in [3.05, 3.63) is 36.5 Å². The number of unbranched alkanes of at least 4 members (excludes halogenated alkanes) is 31. The molecule has 0 aromatic rings. The lowest BCUT2D eigenvalue weighted by Crippen LogP contribution is -2.30. The number of allylic oxidation sites excluding steroid dienone is 6. The molecule has 0 amide bonds. The zero-order valence-electron chi connectivity index (χ0n) is 40.7. The summed E-state index contributed by atoms with van der Waals surface area (Å²) in [6.45, 7) is 6.54. The highest BCUT2D eigenvalue weighted by atomic mass is 16.6. The molecule has 0 aromatic carbocycles. The van der Waals surface area contributed by atoms with Gasteiger partial charge in [0.15, 0.2) is 6.10 Å². The number of ether oxygens (including phenoxy) is 3. The van der Waals surface area contributed by atoms with Crippen LogP contribution in [0.1, 0.15) is 278 Å². The summed E-state index contributed by atoms with van der Waals surface area (Å²) in [7, 11) is 0. The molecular weight excluding hydrogens is 757 g/mol. The van der Waals surface area contributed by atoms with Gasteiger partial charge in [-0.15, -0.1) is 0 Å². The molecule has 1 unspecified atom stereocenters. The zero-order chi connectivity index (χ0) is 44.4. The number of hydrogen-bond donors (Lipinski definition) is 0. The predicted molar refractivity (Wildman–Crippen MR) is 261 cm³/mol. The lowest BCUT2D eigenvalue weighted by molar-refractivity contribution is -0.167. The minimum Gasteiger partial charge on any atom is -0.462 e. The normalized spacial score (nSPS) is 12.2. The van der Waals surface area contributed by atoms with E-state index < -0.39 is 6.10 Å². The van der Waals surface area contributed by atoms with Gasteiger partial charge in [0.2, 0.25) is 0 Å². The molecule has 0 saturated carbocycles. The van der Waals surface area contributed by atoms with Crippen LogP contribution in [0, 0.1) is 0 Å². The van der Waals surface area contributed by atoms with Gasteiger partial charge in [-0.1, -0.05) is 218 Å². The van der Waals surface area contributed by atoms with Gasteiger partial charge in [0, 0.05) is 19.3 Å². The topological polar surface area (TPSA) is 78.9 Å². The van der Waals surface area contributed by atoms with Crippen LogP contribution >= 0.6 is 0 Å². The molecule has 0 aromatic heterocycles. The Balaban J connectivity index is 4.04. The summed E-state index contributed by atoms with van der Waals surface area (Å²) in [4.78, 5) is 37.6. The molecule has 356 valence electrons. The lowest BCUT2D eigenvalue weighted by Gasteiger charge is -2.18. The number of carbonyl (C=O) groups is 3. The molecule has 0 aliphatic carbocycles. The Hall–Kier alpha value is -2.37. The smallest absolute Gasteiger partial charge is 0.306 e. The number of hydrogen-bond acceptors (Lipinski definition) is 6. The molecule has 0 spiro atoms. The maximum Gasteiger partial charge on any atom is 0.306 e. The molecule has 0 radical (unpaired) electrons. The van der Waals surface area contributed by atoms with E-state index in [0.717, 1.165) is 77.0 Å². The van der Waals surface area contributed by atoms with E-state index in [-0.39, 0.29) is 31.1 Å². The van der Waals surface area contributed by atoms with Gasteiger partial charge in [-0.3, -0.25) is 14.4 Å². The number of rotatable bonds is 48. The second-order valence-electron chi connectivity index (χ2n) is 17.8. The molecule has 6 heteroatoms. The SMILES string of the molecule is CCCCCC/C=C\CCCCCCCC(=O)OC(COC(=O)CCCCCCC)COC(=O)CCCCCCCCCCCCCCC/C=C\C/C=C\CCCCCCC. The summed E-state index contributed by atoms with van der Waals surface area (Å²) in [5.74, 6) is -0.890. The summed E-state index contributed by atoms with van der Waals surface area (Å²) >= 11 is 0. The quantitative estimate of drug-likeness (QED) is 0.0262.